The lowest BCUT2D eigenvalue weighted by molar-refractivity contribution is -0.0563. The average molecular weight is 322 g/mol. The second-order valence-electron chi connectivity index (χ2n) is 8.06. The summed E-state index contributed by atoms with van der Waals surface area (Å²) < 4.78 is 30.0. The third kappa shape index (κ3) is 3.23. The highest BCUT2D eigenvalue weighted by Gasteiger charge is 2.49. The van der Waals surface area contributed by atoms with Gasteiger partial charge in [-0.1, -0.05) is 31.5 Å². The Morgan fingerprint density at radius 1 is 1.00 bits per heavy atom. The minimum Gasteiger partial charge on any atom is -0.263 e. The molecule has 3 rings (SSSR count). The van der Waals surface area contributed by atoms with Crippen molar-refractivity contribution in [2.24, 2.45) is 10.8 Å². The summed E-state index contributed by atoms with van der Waals surface area (Å²) >= 11 is 0. The third-order valence-corrected chi connectivity index (χ3v) is 6.93. The summed E-state index contributed by atoms with van der Waals surface area (Å²) in [4.78, 5) is 0.267. The van der Waals surface area contributed by atoms with E-state index in [0.29, 0.717) is 10.8 Å². The first-order chi connectivity index (χ1) is 10.2. The van der Waals surface area contributed by atoms with Gasteiger partial charge in [-0.2, -0.15) is 8.42 Å². The highest BCUT2D eigenvalue weighted by Crippen LogP contribution is 2.56. The summed E-state index contributed by atoms with van der Waals surface area (Å²) in [6.07, 6.45) is 6.57. The van der Waals surface area contributed by atoms with Crippen LogP contribution in [0, 0.1) is 17.8 Å². The van der Waals surface area contributed by atoms with Crippen molar-refractivity contribution >= 4 is 10.1 Å². The predicted octanol–water partition coefficient (Wildman–Crippen LogP) is 4.45. The predicted molar refractivity (Wildman–Crippen MR) is 87.2 cm³/mol. The third-order valence-electron chi connectivity index (χ3n) is 5.56. The van der Waals surface area contributed by atoms with Crippen molar-refractivity contribution in [1.29, 1.82) is 0 Å². The van der Waals surface area contributed by atoms with Crippen LogP contribution in [0.4, 0.5) is 0 Å². The summed E-state index contributed by atoms with van der Waals surface area (Å²) in [6, 6.07) is 6.87. The van der Waals surface area contributed by atoms with E-state index in [4.69, 9.17) is 4.18 Å². The molecule has 0 heterocycles. The van der Waals surface area contributed by atoms with Crippen molar-refractivity contribution in [1.82, 2.24) is 0 Å². The molecular formula is C18H26O3S. The van der Waals surface area contributed by atoms with Crippen molar-refractivity contribution in [2.75, 3.05) is 0 Å². The zero-order valence-corrected chi connectivity index (χ0v) is 14.6. The van der Waals surface area contributed by atoms with Gasteiger partial charge in [-0.05, 0) is 68.4 Å². The first-order valence-corrected chi connectivity index (χ1v) is 9.61. The second kappa shape index (κ2) is 5.34. The molecule has 22 heavy (non-hydrogen) atoms. The molecule has 2 fully saturated rings. The Hall–Kier alpha value is -0.870. The first kappa shape index (κ1) is 16.0. The normalized spacial score (nSPS) is 24.1. The Morgan fingerprint density at radius 2 is 1.55 bits per heavy atom. The van der Waals surface area contributed by atoms with Crippen LogP contribution in [0.2, 0.25) is 0 Å². The van der Waals surface area contributed by atoms with Crippen molar-refractivity contribution in [3.8, 4) is 0 Å². The molecule has 0 aromatic heterocycles. The molecule has 1 spiro atoms. The van der Waals surface area contributed by atoms with Crippen LogP contribution in [0.3, 0.4) is 0 Å². The number of benzene rings is 1. The standard InChI is InChI=1S/C18H26O3S/c1-14-4-6-16(7-5-14)22(19,20)21-15-12-18(13-15)10-8-17(2,3)9-11-18/h4-7,15H,8-13H2,1-3H3. The van der Waals surface area contributed by atoms with E-state index in [2.05, 4.69) is 13.8 Å². The summed E-state index contributed by atoms with van der Waals surface area (Å²) in [5, 5.41) is 0. The molecule has 2 aliphatic carbocycles. The number of rotatable bonds is 3. The minimum atomic E-state index is -3.62. The van der Waals surface area contributed by atoms with Crippen molar-refractivity contribution in [3.05, 3.63) is 29.8 Å². The van der Waals surface area contributed by atoms with Gasteiger partial charge >= 0.3 is 0 Å². The molecule has 2 saturated carbocycles. The molecule has 1 aromatic carbocycles. The van der Waals surface area contributed by atoms with Gasteiger partial charge in [0.2, 0.25) is 0 Å². The maximum absolute atomic E-state index is 12.3. The van der Waals surface area contributed by atoms with Crippen molar-refractivity contribution in [2.45, 2.75) is 70.3 Å². The molecule has 0 aliphatic heterocycles. The van der Waals surface area contributed by atoms with Gasteiger partial charge in [0.05, 0.1) is 11.0 Å². The molecule has 2 aliphatic rings. The van der Waals surface area contributed by atoms with E-state index in [1.165, 1.54) is 25.7 Å². The fourth-order valence-corrected chi connectivity index (χ4v) is 4.85. The summed E-state index contributed by atoms with van der Waals surface area (Å²) in [5.41, 5.74) is 1.85. The quantitative estimate of drug-likeness (QED) is 0.772. The van der Waals surface area contributed by atoms with E-state index in [1.54, 1.807) is 12.1 Å². The smallest absolute Gasteiger partial charge is 0.263 e. The van der Waals surface area contributed by atoms with E-state index in [9.17, 15) is 8.42 Å². The van der Waals surface area contributed by atoms with E-state index in [1.807, 2.05) is 19.1 Å². The van der Waals surface area contributed by atoms with E-state index < -0.39 is 10.1 Å². The van der Waals surface area contributed by atoms with E-state index >= 15 is 0 Å². The van der Waals surface area contributed by atoms with E-state index in [0.717, 1.165) is 18.4 Å². The SMILES string of the molecule is Cc1ccc(S(=O)(=O)OC2CC3(CCC(C)(C)CC3)C2)cc1. The van der Waals surface area contributed by atoms with Gasteiger partial charge in [0.15, 0.2) is 0 Å². The van der Waals surface area contributed by atoms with Crippen LogP contribution in [0.15, 0.2) is 29.2 Å². The Labute approximate surface area is 134 Å². The lowest BCUT2D eigenvalue weighted by Gasteiger charge is -2.52. The monoisotopic (exact) mass is 322 g/mol. The van der Waals surface area contributed by atoms with Gasteiger partial charge in [0, 0.05) is 0 Å². The topological polar surface area (TPSA) is 43.4 Å². The molecule has 3 nitrogen and oxygen atoms in total. The molecule has 4 heteroatoms. The minimum absolute atomic E-state index is 0.132. The summed E-state index contributed by atoms with van der Waals surface area (Å²) in [7, 11) is -3.62. The molecule has 0 bridgehead atoms. The van der Waals surface area contributed by atoms with Gasteiger partial charge in [0.1, 0.15) is 0 Å². The Balaban J connectivity index is 1.59. The van der Waals surface area contributed by atoms with Gasteiger partial charge in [-0.15, -0.1) is 0 Å². The molecule has 0 amide bonds. The molecule has 122 valence electrons. The van der Waals surface area contributed by atoms with Crippen molar-refractivity contribution < 1.29 is 12.6 Å². The molecule has 0 N–H and O–H groups in total. The molecule has 0 radical (unpaired) electrons. The second-order valence-corrected chi connectivity index (χ2v) is 9.63. The van der Waals surface area contributed by atoms with E-state index in [-0.39, 0.29) is 11.0 Å². The van der Waals surface area contributed by atoms with Crippen LogP contribution in [-0.2, 0) is 14.3 Å². The summed E-state index contributed by atoms with van der Waals surface area (Å²) in [5.74, 6) is 0. The Kier molecular flexibility index (Phi) is 3.89. The van der Waals surface area contributed by atoms with Gasteiger partial charge in [0.25, 0.3) is 10.1 Å². The van der Waals surface area contributed by atoms with Crippen LogP contribution >= 0.6 is 0 Å². The fourth-order valence-electron chi connectivity index (χ4n) is 3.78. The number of aryl methyl sites for hydroxylation is 1. The number of hydrogen-bond acceptors (Lipinski definition) is 3. The molecular weight excluding hydrogens is 296 g/mol. The highest BCUT2D eigenvalue weighted by molar-refractivity contribution is 7.86. The maximum atomic E-state index is 12.3. The molecule has 0 atom stereocenters. The van der Waals surface area contributed by atoms with Gasteiger partial charge in [-0.25, -0.2) is 0 Å². The fraction of sp³-hybridized carbons (Fsp3) is 0.667. The molecule has 1 aromatic rings. The highest BCUT2D eigenvalue weighted by atomic mass is 32.2. The van der Waals surface area contributed by atoms with Crippen LogP contribution in [0.5, 0.6) is 0 Å². The Bertz CT molecular complexity index is 625. The maximum Gasteiger partial charge on any atom is 0.297 e. The summed E-state index contributed by atoms with van der Waals surface area (Å²) in [6.45, 7) is 6.60. The first-order valence-electron chi connectivity index (χ1n) is 8.20. The molecule has 0 unspecified atom stereocenters. The van der Waals surface area contributed by atoms with Crippen LogP contribution in [0.1, 0.15) is 57.9 Å². The number of hydrogen-bond donors (Lipinski definition) is 0. The van der Waals surface area contributed by atoms with Crippen LogP contribution in [0.25, 0.3) is 0 Å². The van der Waals surface area contributed by atoms with Crippen molar-refractivity contribution in [3.63, 3.8) is 0 Å². The zero-order chi connectivity index (χ0) is 16.0. The van der Waals surface area contributed by atoms with Crippen LogP contribution < -0.4 is 0 Å². The molecule has 0 saturated heterocycles. The largest absolute Gasteiger partial charge is 0.297 e. The lowest BCUT2D eigenvalue weighted by atomic mass is 9.55. The van der Waals surface area contributed by atoms with Crippen LogP contribution in [-0.4, -0.2) is 14.5 Å². The Morgan fingerprint density at radius 3 is 2.09 bits per heavy atom. The average Bonchev–Trinajstić information content (AvgIpc) is 2.40. The zero-order valence-electron chi connectivity index (χ0n) is 13.8. The van der Waals surface area contributed by atoms with Gasteiger partial charge < -0.3 is 0 Å². The lowest BCUT2D eigenvalue weighted by Crippen LogP contribution is -2.46. The van der Waals surface area contributed by atoms with Gasteiger partial charge in [-0.3, -0.25) is 4.18 Å².